The Morgan fingerprint density at radius 2 is 1.42 bits per heavy atom. The molecule has 48 heavy (non-hydrogen) atoms. The molecule has 1 amide bonds. The zero-order valence-corrected chi connectivity index (χ0v) is 29.3. The summed E-state index contributed by atoms with van der Waals surface area (Å²) in [6.07, 6.45) is 2.23. The van der Waals surface area contributed by atoms with Crippen LogP contribution in [0.25, 0.3) is 15.8 Å². The maximum Gasteiger partial charge on any atom is 0.238 e. The van der Waals surface area contributed by atoms with Gasteiger partial charge in [-0.2, -0.15) is 0 Å². The van der Waals surface area contributed by atoms with Gasteiger partial charge in [0.05, 0.1) is 39.2 Å². The molecule has 2 heterocycles. The van der Waals surface area contributed by atoms with Gasteiger partial charge in [-0.25, -0.2) is 4.98 Å². The fourth-order valence-electron chi connectivity index (χ4n) is 7.17. The third-order valence-electron chi connectivity index (χ3n) is 9.08. The number of rotatable bonds is 9. The largest absolute Gasteiger partial charge is 0.494 e. The van der Waals surface area contributed by atoms with Crippen molar-refractivity contribution in [3.05, 3.63) is 161 Å². The van der Waals surface area contributed by atoms with Crippen molar-refractivity contribution < 1.29 is 9.53 Å². The number of carbonyl (C=O) groups is 1. The number of allylic oxidation sites excluding steroid dienone is 1. The van der Waals surface area contributed by atoms with Crippen LogP contribution in [0.1, 0.15) is 55.5 Å². The van der Waals surface area contributed by atoms with Gasteiger partial charge in [-0.1, -0.05) is 115 Å². The topological polar surface area (TPSA) is 42.4 Å². The van der Waals surface area contributed by atoms with Gasteiger partial charge in [0.15, 0.2) is 4.34 Å². The molecule has 0 atom stereocenters. The molecule has 0 fully saturated rings. The first kappa shape index (κ1) is 31.9. The minimum Gasteiger partial charge on any atom is -0.494 e. The van der Waals surface area contributed by atoms with E-state index in [2.05, 4.69) is 136 Å². The number of benzene rings is 5. The Balaban J connectivity index is 1.29. The lowest BCUT2D eigenvalue weighted by molar-refractivity contribution is -0.116. The maximum atomic E-state index is 14.2. The van der Waals surface area contributed by atoms with Gasteiger partial charge in [0.25, 0.3) is 0 Å². The van der Waals surface area contributed by atoms with E-state index in [0.717, 1.165) is 42.7 Å². The van der Waals surface area contributed by atoms with E-state index in [0.29, 0.717) is 6.61 Å². The lowest BCUT2D eigenvalue weighted by atomic mass is 9.64. The summed E-state index contributed by atoms with van der Waals surface area (Å²) < 4.78 is 7.61. The van der Waals surface area contributed by atoms with Crippen molar-refractivity contribution >= 4 is 50.5 Å². The standard InChI is InChI=1S/C42H38N2O2S2/c1-5-46-34-22-23-36-38(26-34)48-40(43-36)47-28-39(45)44-37-24-21-33(25-35(37)29(2)27-41(44,3)4)42(30-15-9-6-10-16-30,31-17-11-7-12-18-31)32-19-13-8-14-20-32/h6-27H,5,28H2,1-4H3. The predicted octanol–water partition coefficient (Wildman–Crippen LogP) is 10.4. The molecule has 1 aliphatic heterocycles. The fourth-order valence-corrected chi connectivity index (χ4v) is 9.12. The summed E-state index contributed by atoms with van der Waals surface area (Å²) in [6, 6.07) is 44.9. The van der Waals surface area contributed by atoms with Crippen LogP contribution in [0.4, 0.5) is 5.69 Å². The summed E-state index contributed by atoms with van der Waals surface area (Å²) in [6.45, 7) is 8.99. The SMILES string of the molecule is CCOc1ccc2nc(SCC(=O)N3c4ccc(C(c5ccccc5)(c5ccccc5)c5ccccc5)cc4C(C)=CC3(C)C)sc2c1. The van der Waals surface area contributed by atoms with Crippen LogP contribution in [-0.2, 0) is 10.2 Å². The Morgan fingerprint density at radius 1 is 0.812 bits per heavy atom. The number of hydrogen-bond acceptors (Lipinski definition) is 5. The summed E-state index contributed by atoms with van der Waals surface area (Å²) in [5.74, 6) is 1.18. The molecule has 0 bridgehead atoms. The minimum absolute atomic E-state index is 0.0532. The van der Waals surface area contributed by atoms with E-state index in [-0.39, 0.29) is 11.7 Å². The molecule has 0 saturated heterocycles. The summed E-state index contributed by atoms with van der Waals surface area (Å²) in [7, 11) is 0. The van der Waals surface area contributed by atoms with Crippen molar-refractivity contribution in [1.82, 2.24) is 4.98 Å². The second-order valence-electron chi connectivity index (χ2n) is 12.6. The summed E-state index contributed by atoms with van der Waals surface area (Å²) in [4.78, 5) is 21.0. The first-order valence-electron chi connectivity index (χ1n) is 16.3. The van der Waals surface area contributed by atoms with Crippen LogP contribution in [0, 0.1) is 0 Å². The molecule has 0 N–H and O–H groups in total. The highest BCUT2D eigenvalue weighted by molar-refractivity contribution is 8.01. The van der Waals surface area contributed by atoms with Gasteiger partial charge in [-0.05, 0) is 85.9 Å². The Bertz CT molecular complexity index is 2010. The molecule has 6 heteroatoms. The molecular formula is C42H38N2O2S2. The van der Waals surface area contributed by atoms with Gasteiger partial charge in [0.2, 0.25) is 5.91 Å². The van der Waals surface area contributed by atoms with Crippen molar-refractivity contribution in [2.45, 2.75) is 43.0 Å². The minimum atomic E-state index is -0.564. The molecule has 1 aliphatic rings. The van der Waals surface area contributed by atoms with Crippen molar-refractivity contribution in [2.24, 2.45) is 0 Å². The predicted molar refractivity (Wildman–Crippen MR) is 201 cm³/mol. The fraction of sp³-hybridized carbons (Fsp3) is 0.190. The molecule has 0 aliphatic carbocycles. The number of thioether (sulfide) groups is 1. The second kappa shape index (κ2) is 13.1. The third-order valence-corrected chi connectivity index (χ3v) is 11.2. The van der Waals surface area contributed by atoms with Gasteiger partial charge < -0.3 is 9.64 Å². The highest BCUT2D eigenvalue weighted by Crippen LogP contribution is 2.48. The Labute approximate surface area is 291 Å². The van der Waals surface area contributed by atoms with Crippen LogP contribution >= 0.6 is 23.1 Å². The van der Waals surface area contributed by atoms with Gasteiger partial charge >= 0.3 is 0 Å². The number of hydrogen-bond donors (Lipinski definition) is 0. The molecule has 1 aromatic heterocycles. The first-order valence-corrected chi connectivity index (χ1v) is 18.1. The highest BCUT2D eigenvalue weighted by atomic mass is 32.2. The van der Waals surface area contributed by atoms with Crippen molar-refractivity contribution in [3.8, 4) is 5.75 Å². The molecule has 7 rings (SSSR count). The number of carbonyl (C=O) groups excluding carboxylic acids is 1. The number of nitrogens with zero attached hydrogens (tertiary/aromatic N) is 2. The maximum absolute atomic E-state index is 14.2. The van der Waals surface area contributed by atoms with Crippen LogP contribution in [0.15, 0.2) is 138 Å². The van der Waals surface area contributed by atoms with Crippen LogP contribution < -0.4 is 9.64 Å². The van der Waals surface area contributed by atoms with E-state index in [1.165, 1.54) is 28.5 Å². The van der Waals surface area contributed by atoms with E-state index >= 15 is 0 Å². The lowest BCUT2D eigenvalue weighted by Gasteiger charge is -2.43. The number of thiazole rings is 1. The van der Waals surface area contributed by atoms with Crippen molar-refractivity contribution in [2.75, 3.05) is 17.3 Å². The number of fused-ring (bicyclic) bond motifs is 2. The van der Waals surface area contributed by atoms with Gasteiger partial charge in [0, 0.05) is 5.56 Å². The Hall–Kier alpha value is -4.65. The van der Waals surface area contributed by atoms with Gasteiger partial charge in [-0.3, -0.25) is 4.79 Å². The monoisotopic (exact) mass is 666 g/mol. The van der Waals surface area contributed by atoms with E-state index in [1.807, 2.05) is 30.0 Å². The second-order valence-corrected chi connectivity index (χ2v) is 14.9. The van der Waals surface area contributed by atoms with E-state index < -0.39 is 11.0 Å². The first-order chi connectivity index (χ1) is 23.3. The summed E-state index contributed by atoms with van der Waals surface area (Å²) in [5, 5.41) is 0. The molecule has 6 aromatic rings. The molecular weight excluding hydrogens is 629 g/mol. The normalized spacial score (nSPS) is 14.0. The smallest absolute Gasteiger partial charge is 0.238 e. The molecule has 0 unspecified atom stereocenters. The summed E-state index contributed by atoms with van der Waals surface area (Å²) in [5.41, 5.74) is 7.75. The molecule has 240 valence electrons. The van der Waals surface area contributed by atoms with Crippen LogP contribution in [0.5, 0.6) is 5.75 Å². The lowest BCUT2D eigenvalue weighted by Crippen LogP contribution is -2.49. The van der Waals surface area contributed by atoms with E-state index in [1.54, 1.807) is 11.3 Å². The third kappa shape index (κ3) is 5.73. The average Bonchev–Trinajstić information content (AvgIpc) is 3.51. The number of ether oxygens (including phenoxy) is 1. The van der Waals surface area contributed by atoms with Crippen molar-refractivity contribution in [1.29, 1.82) is 0 Å². The average molecular weight is 667 g/mol. The number of aromatic nitrogens is 1. The van der Waals surface area contributed by atoms with Gasteiger partial charge in [0.1, 0.15) is 5.75 Å². The zero-order valence-electron chi connectivity index (χ0n) is 27.6. The van der Waals surface area contributed by atoms with Crippen LogP contribution in [-0.4, -0.2) is 28.8 Å². The van der Waals surface area contributed by atoms with Gasteiger partial charge in [-0.15, -0.1) is 11.3 Å². The highest BCUT2D eigenvalue weighted by Gasteiger charge is 2.41. The molecule has 0 radical (unpaired) electrons. The molecule has 5 aromatic carbocycles. The number of amides is 1. The number of anilines is 1. The van der Waals surface area contributed by atoms with Crippen LogP contribution in [0.2, 0.25) is 0 Å². The quantitative estimate of drug-likeness (QED) is 0.114. The van der Waals surface area contributed by atoms with Crippen LogP contribution in [0.3, 0.4) is 0 Å². The van der Waals surface area contributed by atoms with E-state index in [4.69, 9.17) is 9.72 Å². The Kier molecular flexibility index (Phi) is 8.71. The molecule has 0 spiro atoms. The zero-order chi connectivity index (χ0) is 33.3. The van der Waals surface area contributed by atoms with E-state index in [9.17, 15) is 4.79 Å². The Morgan fingerprint density at radius 3 is 2.00 bits per heavy atom. The molecule has 0 saturated carbocycles. The molecule has 4 nitrogen and oxygen atoms in total. The van der Waals surface area contributed by atoms with Crippen molar-refractivity contribution in [3.63, 3.8) is 0 Å². The summed E-state index contributed by atoms with van der Waals surface area (Å²) >= 11 is 3.10.